The van der Waals surface area contributed by atoms with Gasteiger partial charge < -0.3 is 0 Å². The smallest absolute Gasteiger partial charge is 0.0179 e. The second kappa shape index (κ2) is 4.72. The Morgan fingerprint density at radius 2 is 1.67 bits per heavy atom. The molecule has 0 heterocycles. The molecule has 2 aliphatic carbocycles. The Morgan fingerprint density at radius 1 is 0.933 bits per heavy atom. The Morgan fingerprint density at radius 3 is 2.27 bits per heavy atom. The van der Waals surface area contributed by atoms with E-state index >= 15 is 0 Å². The Kier molecular flexibility index (Phi) is 3.53. The van der Waals surface area contributed by atoms with Crippen LogP contribution >= 0.6 is 0 Å². The first-order chi connectivity index (χ1) is 7.21. The molecular weight excluding hydrogens is 180 g/mol. The quantitative estimate of drug-likeness (QED) is 0.561. The predicted molar refractivity (Wildman–Crippen MR) is 66.8 cm³/mol. The van der Waals surface area contributed by atoms with E-state index in [4.69, 9.17) is 0 Å². The molecule has 0 amide bonds. The molecule has 0 aliphatic heterocycles. The Labute approximate surface area is 95.1 Å². The predicted octanol–water partition coefficient (Wildman–Crippen LogP) is 4.95. The Bertz CT molecular complexity index is 218. The summed E-state index contributed by atoms with van der Waals surface area (Å²) in [6.45, 7) is 5.03. The van der Waals surface area contributed by atoms with Gasteiger partial charge >= 0.3 is 0 Å². The van der Waals surface area contributed by atoms with Gasteiger partial charge in [-0.05, 0) is 49.4 Å². The van der Waals surface area contributed by atoms with Crippen molar-refractivity contribution in [3.05, 3.63) is 12.2 Å². The number of hydrogen-bond donors (Lipinski definition) is 0. The van der Waals surface area contributed by atoms with Gasteiger partial charge in [0, 0.05) is 0 Å². The van der Waals surface area contributed by atoms with Gasteiger partial charge in [0.25, 0.3) is 0 Å². The van der Waals surface area contributed by atoms with Crippen molar-refractivity contribution < 1.29 is 0 Å². The Hall–Kier alpha value is -0.260. The van der Waals surface area contributed by atoms with Crippen LogP contribution in [-0.4, -0.2) is 0 Å². The van der Waals surface area contributed by atoms with Crippen LogP contribution in [0.25, 0.3) is 0 Å². The van der Waals surface area contributed by atoms with Crippen molar-refractivity contribution in [1.29, 1.82) is 0 Å². The van der Waals surface area contributed by atoms with E-state index in [0.29, 0.717) is 5.41 Å². The Balaban J connectivity index is 2.02. The van der Waals surface area contributed by atoms with E-state index < -0.39 is 0 Å². The van der Waals surface area contributed by atoms with Gasteiger partial charge in [0.1, 0.15) is 0 Å². The van der Waals surface area contributed by atoms with Crippen LogP contribution < -0.4 is 0 Å². The van der Waals surface area contributed by atoms with Crippen molar-refractivity contribution in [3.63, 3.8) is 0 Å². The van der Waals surface area contributed by atoms with Gasteiger partial charge in [-0.15, -0.1) is 0 Å². The van der Waals surface area contributed by atoms with Crippen LogP contribution in [0.4, 0.5) is 0 Å². The van der Waals surface area contributed by atoms with Crippen LogP contribution in [-0.2, 0) is 0 Å². The van der Waals surface area contributed by atoms with E-state index in [1.54, 1.807) is 0 Å². The third-order valence-electron chi connectivity index (χ3n) is 4.87. The highest BCUT2D eigenvalue weighted by Gasteiger charge is 2.36. The first-order valence-corrected chi connectivity index (χ1v) is 6.88. The van der Waals surface area contributed by atoms with Gasteiger partial charge in [-0.25, -0.2) is 0 Å². The summed E-state index contributed by atoms with van der Waals surface area (Å²) in [5.41, 5.74) is 0.553. The molecule has 0 aromatic carbocycles. The van der Waals surface area contributed by atoms with Crippen LogP contribution in [0.3, 0.4) is 0 Å². The van der Waals surface area contributed by atoms with E-state index in [1.165, 1.54) is 51.4 Å². The van der Waals surface area contributed by atoms with Crippen molar-refractivity contribution in [3.8, 4) is 0 Å². The average Bonchev–Trinajstić information content (AvgIpc) is 2.31. The summed E-state index contributed by atoms with van der Waals surface area (Å²) < 4.78 is 0. The summed E-state index contributed by atoms with van der Waals surface area (Å²) in [6.07, 6.45) is 16.5. The molecule has 2 rings (SSSR count). The van der Waals surface area contributed by atoms with E-state index in [1.807, 2.05) is 0 Å². The third kappa shape index (κ3) is 2.46. The van der Waals surface area contributed by atoms with E-state index in [-0.39, 0.29) is 0 Å². The highest BCUT2D eigenvalue weighted by molar-refractivity contribution is 5.01. The highest BCUT2D eigenvalue weighted by atomic mass is 14.4. The summed E-state index contributed by atoms with van der Waals surface area (Å²) in [6, 6.07) is 0. The highest BCUT2D eigenvalue weighted by Crippen LogP contribution is 2.46. The van der Waals surface area contributed by atoms with Crippen LogP contribution in [0.2, 0.25) is 0 Å². The van der Waals surface area contributed by atoms with Crippen molar-refractivity contribution in [2.24, 2.45) is 17.3 Å². The second-order valence-electron chi connectivity index (χ2n) is 6.12. The van der Waals surface area contributed by atoms with E-state index in [9.17, 15) is 0 Å². The van der Waals surface area contributed by atoms with Gasteiger partial charge in [-0.2, -0.15) is 0 Å². The topological polar surface area (TPSA) is 0 Å². The molecule has 0 spiro atoms. The van der Waals surface area contributed by atoms with Crippen LogP contribution in [0.5, 0.6) is 0 Å². The molecule has 0 heteroatoms. The normalized spacial score (nSPS) is 29.3. The van der Waals surface area contributed by atoms with Gasteiger partial charge in [0.2, 0.25) is 0 Å². The minimum atomic E-state index is 0.553. The number of rotatable bonds is 2. The molecule has 86 valence electrons. The average molecular weight is 206 g/mol. The maximum Gasteiger partial charge on any atom is -0.0179 e. The standard InChI is InChI=1S/C15H26/c1-15(2,13-9-5-3-6-10-13)14-11-7-4-8-12-14/h5,9,13-14H,3-4,6-8,10-12H2,1-2H3. The van der Waals surface area contributed by atoms with Crippen molar-refractivity contribution >= 4 is 0 Å². The minimum Gasteiger partial charge on any atom is -0.0882 e. The lowest BCUT2D eigenvalue weighted by atomic mass is 9.62. The molecule has 1 atom stereocenters. The first kappa shape index (κ1) is 11.2. The van der Waals surface area contributed by atoms with Crippen LogP contribution in [0.15, 0.2) is 12.2 Å². The molecule has 0 N–H and O–H groups in total. The van der Waals surface area contributed by atoms with Crippen LogP contribution in [0.1, 0.15) is 65.2 Å². The molecule has 1 fully saturated rings. The first-order valence-electron chi connectivity index (χ1n) is 6.88. The molecule has 0 saturated heterocycles. The monoisotopic (exact) mass is 206 g/mol. The second-order valence-corrected chi connectivity index (χ2v) is 6.12. The fourth-order valence-electron chi connectivity index (χ4n) is 3.58. The number of hydrogen-bond acceptors (Lipinski definition) is 0. The molecule has 15 heavy (non-hydrogen) atoms. The maximum atomic E-state index is 2.52. The van der Waals surface area contributed by atoms with Crippen molar-refractivity contribution in [1.82, 2.24) is 0 Å². The molecule has 1 saturated carbocycles. The van der Waals surface area contributed by atoms with E-state index in [2.05, 4.69) is 26.0 Å². The lowest BCUT2D eigenvalue weighted by Crippen LogP contribution is -2.33. The summed E-state index contributed by atoms with van der Waals surface area (Å²) in [4.78, 5) is 0. The van der Waals surface area contributed by atoms with Crippen molar-refractivity contribution in [2.75, 3.05) is 0 Å². The van der Waals surface area contributed by atoms with E-state index in [0.717, 1.165) is 11.8 Å². The number of allylic oxidation sites excluding steroid dienone is 2. The fourth-order valence-corrected chi connectivity index (χ4v) is 3.58. The van der Waals surface area contributed by atoms with Crippen LogP contribution in [0, 0.1) is 17.3 Å². The lowest BCUT2D eigenvalue weighted by Gasteiger charge is -2.43. The van der Waals surface area contributed by atoms with Gasteiger partial charge in [-0.3, -0.25) is 0 Å². The zero-order valence-corrected chi connectivity index (χ0v) is 10.5. The lowest BCUT2D eigenvalue weighted by molar-refractivity contribution is 0.0987. The SMILES string of the molecule is CC(C)(C1C=CCCC1)C1CCCCC1. The molecule has 0 bridgehead atoms. The molecule has 0 aromatic rings. The van der Waals surface area contributed by atoms with Gasteiger partial charge in [0.15, 0.2) is 0 Å². The van der Waals surface area contributed by atoms with Gasteiger partial charge in [-0.1, -0.05) is 45.3 Å². The zero-order valence-electron chi connectivity index (χ0n) is 10.5. The summed E-state index contributed by atoms with van der Waals surface area (Å²) in [5.74, 6) is 1.84. The molecule has 1 unspecified atom stereocenters. The summed E-state index contributed by atoms with van der Waals surface area (Å²) in [7, 11) is 0. The zero-order chi connectivity index (χ0) is 10.7. The minimum absolute atomic E-state index is 0.553. The third-order valence-corrected chi connectivity index (χ3v) is 4.87. The summed E-state index contributed by atoms with van der Waals surface area (Å²) >= 11 is 0. The summed E-state index contributed by atoms with van der Waals surface area (Å²) in [5, 5.41) is 0. The van der Waals surface area contributed by atoms with Gasteiger partial charge in [0.05, 0.1) is 0 Å². The molecule has 0 nitrogen and oxygen atoms in total. The maximum absolute atomic E-state index is 2.52. The van der Waals surface area contributed by atoms with Crippen molar-refractivity contribution in [2.45, 2.75) is 65.2 Å². The fraction of sp³-hybridized carbons (Fsp3) is 0.867. The molecule has 0 aromatic heterocycles. The molecule has 0 radical (unpaired) electrons. The largest absolute Gasteiger partial charge is 0.0882 e. The molecular formula is C15H26. The molecule has 2 aliphatic rings.